The van der Waals surface area contributed by atoms with Crippen molar-refractivity contribution in [2.75, 3.05) is 6.54 Å². The number of carbonyl (C=O) groups is 1. The molecule has 0 radical (unpaired) electrons. The highest BCUT2D eigenvalue weighted by Crippen LogP contribution is 2.32. The number of carbonyl (C=O) groups excluding carboxylic acids is 1. The largest absolute Gasteiger partial charge is 0.349 e. The number of H-pyrrole nitrogens is 1. The molecule has 0 atom stereocenters. The van der Waals surface area contributed by atoms with Crippen LogP contribution in [0.1, 0.15) is 21.7 Å². The minimum atomic E-state index is -0.109. The first-order valence-electron chi connectivity index (χ1n) is 9.48. The number of nitrogens with one attached hydrogen (secondary N) is 2. The van der Waals surface area contributed by atoms with E-state index in [1.165, 1.54) is 0 Å². The summed E-state index contributed by atoms with van der Waals surface area (Å²) in [4.78, 5) is 18.6. The molecule has 2 aromatic heterocycles. The second-order valence-electron chi connectivity index (χ2n) is 6.50. The van der Waals surface area contributed by atoms with Crippen LogP contribution in [0.2, 0.25) is 0 Å². The van der Waals surface area contributed by atoms with Gasteiger partial charge in [-0.05, 0) is 54.6 Å². The second-order valence-corrected chi connectivity index (χ2v) is 7.62. The third kappa shape index (κ3) is 4.50. The minimum Gasteiger partial charge on any atom is -0.349 e. The van der Waals surface area contributed by atoms with Crippen molar-refractivity contribution in [2.45, 2.75) is 9.79 Å². The number of amides is 1. The average molecular weight is 413 g/mol. The number of hydrogen-bond donors (Lipinski definition) is 2. The Bertz CT molecular complexity index is 1210. The van der Waals surface area contributed by atoms with Crippen molar-refractivity contribution in [1.82, 2.24) is 20.5 Å². The summed E-state index contributed by atoms with van der Waals surface area (Å²) in [6.07, 6.45) is 7.32. The summed E-state index contributed by atoms with van der Waals surface area (Å²) in [6, 6.07) is 19.5. The molecule has 0 aliphatic carbocycles. The molecule has 0 aliphatic rings. The van der Waals surface area contributed by atoms with Crippen LogP contribution in [-0.2, 0) is 0 Å². The Morgan fingerprint density at radius 2 is 1.97 bits per heavy atom. The first-order chi connectivity index (χ1) is 14.7. The van der Waals surface area contributed by atoms with E-state index in [0.717, 1.165) is 32.1 Å². The summed E-state index contributed by atoms with van der Waals surface area (Å²) in [7, 11) is 0. The maximum Gasteiger partial charge on any atom is 0.252 e. The Hall–Kier alpha value is -3.64. The van der Waals surface area contributed by atoms with E-state index in [4.69, 9.17) is 0 Å². The Morgan fingerprint density at radius 1 is 1.10 bits per heavy atom. The Morgan fingerprint density at radius 3 is 2.80 bits per heavy atom. The lowest BCUT2D eigenvalue weighted by molar-refractivity contribution is 0.0955. The van der Waals surface area contributed by atoms with Crippen molar-refractivity contribution >= 4 is 40.7 Å². The monoisotopic (exact) mass is 412 g/mol. The van der Waals surface area contributed by atoms with E-state index >= 15 is 0 Å². The first-order valence-corrected chi connectivity index (χ1v) is 10.3. The lowest BCUT2D eigenvalue weighted by atomic mass is 10.2. The smallest absolute Gasteiger partial charge is 0.252 e. The summed E-state index contributed by atoms with van der Waals surface area (Å²) in [5, 5.41) is 11.4. The van der Waals surface area contributed by atoms with E-state index in [9.17, 15) is 4.79 Å². The van der Waals surface area contributed by atoms with Gasteiger partial charge in [-0.1, -0.05) is 36.0 Å². The van der Waals surface area contributed by atoms with Crippen LogP contribution in [0.3, 0.4) is 0 Å². The summed E-state index contributed by atoms with van der Waals surface area (Å²) in [5.74, 6) is -0.109. The van der Waals surface area contributed by atoms with Gasteiger partial charge >= 0.3 is 0 Å². The molecule has 2 heterocycles. The van der Waals surface area contributed by atoms with Crippen molar-refractivity contribution in [3.05, 3.63) is 96.5 Å². The molecule has 4 aromatic rings. The van der Waals surface area contributed by atoms with Crippen LogP contribution >= 0.6 is 11.8 Å². The van der Waals surface area contributed by atoms with Crippen molar-refractivity contribution in [2.24, 2.45) is 0 Å². The average Bonchev–Trinajstić information content (AvgIpc) is 3.19. The van der Waals surface area contributed by atoms with Crippen LogP contribution in [0.4, 0.5) is 0 Å². The molecule has 0 aliphatic heterocycles. The van der Waals surface area contributed by atoms with Gasteiger partial charge in [0.25, 0.3) is 5.91 Å². The van der Waals surface area contributed by atoms with E-state index in [2.05, 4.69) is 27.1 Å². The molecule has 0 bridgehead atoms. The van der Waals surface area contributed by atoms with Gasteiger partial charge in [-0.3, -0.25) is 14.9 Å². The number of aromatic nitrogens is 3. The molecule has 4 rings (SSSR count). The third-order valence-electron chi connectivity index (χ3n) is 4.43. The fraction of sp³-hybridized carbons (Fsp3) is 0.0417. The summed E-state index contributed by atoms with van der Waals surface area (Å²) in [5.41, 5.74) is 3.32. The number of benzene rings is 2. The SMILES string of the molecule is C=CCNC(=O)c1ccccc1Sc1ccc2c(/C=C/c3ccccn3)n[nH]c2c1. The van der Waals surface area contributed by atoms with Gasteiger partial charge in [0.1, 0.15) is 0 Å². The zero-order chi connectivity index (χ0) is 20.8. The number of hydrogen-bond acceptors (Lipinski definition) is 4. The van der Waals surface area contributed by atoms with Crippen LogP contribution in [0.15, 0.2) is 89.3 Å². The lowest BCUT2D eigenvalue weighted by Crippen LogP contribution is -2.23. The molecule has 5 nitrogen and oxygen atoms in total. The molecule has 1 amide bonds. The maximum absolute atomic E-state index is 12.4. The molecule has 30 heavy (non-hydrogen) atoms. The van der Waals surface area contributed by atoms with E-state index in [0.29, 0.717) is 12.1 Å². The maximum atomic E-state index is 12.4. The zero-order valence-electron chi connectivity index (χ0n) is 16.2. The summed E-state index contributed by atoms with van der Waals surface area (Å²) < 4.78 is 0. The van der Waals surface area contributed by atoms with Gasteiger partial charge in [-0.15, -0.1) is 6.58 Å². The molecule has 0 unspecified atom stereocenters. The Balaban J connectivity index is 1.56. The van der Waals surface area contributed by atoms with Gasteiger partial charge in [-0.2, -0.15) is 5.10 Å². The van der Waals surface area contributed by atoms with E-state index in [1.54, 1.807) is 24.0 Å². The highest BCUT2D eigenvalue weighted by Gasteiger charge is 2.12. The number of aromatic amines is 1. The highest BCUT2D eigenvalue weighted by atomic mass is 32.2. The molecular weight excluding hydrogens is 392 g/mol. The fourth-order valence-corrected chi connectivity index (χ4v) is 3.96. The minimum absolute atomic E-state index is 0.109. The van der Waals surface area contributed by atoms with Crippen molar-refractivity contribution < 1.29 is 4.79 Å². The van der Waals surface area contributed by atoms with Crippen LogP contribution < -0.4 is 5.32 Å². The van der Waals surface area contributed by atoms with Gasteiger partial charge in [-0.25, -0.2) is 0 Å². The summed E-state index contributed by atoms with van der Waals surface area (Å²) in [6.45, 7) is 4.08. The quantitative estimate of drug-likeness (QED) is 0.410. The van der Waals surface area contributed by atoms with E-state index in [-0.39, 0.29) is 5.91 Å². The molecule has 0 spiro atoms. The molecule has 6 heteroatoms. The molecule has 2 aromatic carbocycles. The second kappa shape index (κ2) is 9.24. The molecule has 0 fully saturated rings. The van der Waals surface area contributed by atoms with E-state index in [1.807, 2.05) is 72.8 Å². The van der Waals surface area contributed by atoms with Gasteiger partial charge in [0.15, 0.2) is 0 Å². The predicted molar refractivity (Wildman–Crippen MR) is 122 cm³/mol. The van der Waals surface area contributed by atoms with Gasteiger partial charge in [0.2, 0.25) is 0 Å². The van der Waals surface area contributed by atoms with Crippen LogP contribution in [-0.4, -0.2) is 27.6 Å². The predicted octanol–water partition coefficient (Wildman–Crippen LogP) is 5.20. The molecular formula is C24H20N4OS. The van der Waals surface area contributed by atoms with Gasteiger partial charge < -0.3 is 5.32 Å². The topological polar surface area (TPSA) is 70.7 Å². The van der Waals surface area contributed by atoms with Crippen LogP contribution in [0.25, 0.3) is 23.1 Å². The summed E-state index contributed by atoms with van der Waals surface area (Å²) >= 11 is 1.55. The fourth-order valence-electron chi connectivity index (χ4n) is 2.98. The number of rotatable bonds is 7. The Labute approximate surface area is 178 Å². The van der Waals surface area contributed by atoms with Crippen molar-refractivity contribution in [3.63, 3.8) is 0 Å². The van der Waals surface area contributed by atoms with Crippen LogP contribution in [0.5, 0.6) is 0 Å². The highest BCUT2D eigenvalue weighted by molar-refractivity contribution is 7.99. The molecule has 148 valence electrons. The van der Waals surface area contributed by atoms with Crippen molar-refractivity contribution in [1.29, 1.82) is 0 Å². The van der Waals surface area contributed by atoms with Crippen molar-refractivity contribution in [3.8, 4) is 0 Å². The normalized spacial score (nSPS) is 11.1. The van der Waals surface area contributed by atoms with Crippen LogP contribution in [0, 0.1) is 0 Å². The number of fused-ring (bicyclic) bond motifs is 1. The van der Waals surface area contributed by atoms with Gasteiger partial charge in [0, 0.05) is 27.9 Å². The number of nitrogens with zero attached hydrogens (tertiary/aromatic N) is 2. The lowest BCUT2D eigenvalue weighted by Gasteiger charge is -2.09. The first kappa shape index (κ1) is 19.7. The molecule has 2 N–H and O–H groups in total. The third-order valence-corrected chi connectivity index (χ3v) is 5.50. The standard InChI is InChI=1S/C24H20N4OS/c1-2-14-26-24(29)20-8-3-4-9-23(20)30-18-11-12-19-21(27-28-22(19)16-18)13-10-17-7-5-6-15-25-17/h2-13,15-16H,1,14H2,(H,26,29)(H,27,28)/b13-10+. The van der Waals surface area contributed by atoms with Gasteiger partial charge in [0.05, 0.1) is 22.5 Å². The molecule has 0 saturated carbocycles. The zero-order valence-corrected chi connectivity index (χ0v) is 17.0. The van der Waals surface area contributed by atoms with E-state index < -0.39 is 0 Å². The Kier molecular flexibility index (Phi) is 6.06. The molecule has 0 saturated heterocycles. The number of pyridine rings is 1.